The molecule has 1 fully saturated rings. The molecule has 2 nitrogen and oxygen atoms in total. The summed E-state index contributed by atoms with van der Waals surface area (Å²) >= 11 is 2.08. The van der Waals surface area contributed by atoms with Crippen molar-refractivity contribution in [2.75, 3.05) is 29.1 Å². The summed E-state index contributed by atoms with van der Waals surface area (Å²) in [4.78, 5) is 0. The lowest BCUT2D eigenvalue weighted by molar-refractivity contribution is 0.516. The second-order valence-corrected chi connectivity index (χ2v) is 5.28. The molecule has 0 unspecified atom stereocenters. The number of benzene rings is 1. The number of nitrogen functional groups attached to an aromatic ring is 1. The van der Waals surface area contributed by atoms with E-state index in [9.17, 15) is 0 Å². The van der Waals surface area contributed by atoms with Gasteiger partial charge < -0.3 is 11.1 Å². The highest BCUT2D eigenvalue weighted by Gasteiger charge is 2.12. The predicted octanol–water partition coefficient (Wildman–Crippen LogP) is 2.82. The molecule has 3 heteroatoms. The topological polar surface area (TPSA) is 38.0 Å². The van der Waals surface area contributed by atoms with E-state index in [-0.39, 0.29) is 0 Å². The van der Waals surface area contributed by atoms with E-state index in [0.717, 1.165) is 18.2 Å². The first-order valence-electron chi connectivity index (χ1n) is 5.52. The van der Waals surface area contributed by atoms with Crippen molar-refractivity contribution >= 4 is 23.1 Å². The number of nitrogens with one attached hydrogen (secondary N) is 1. The van der Waals surface area contributed by atoms with Crippen LogP contribution in [0.3, 0.4) is 0 Å². The van der Waals surface area contributed by atoms with E-state index in [0.29, 0.717) is 0 Å². The molecule has 0 saturated carbocycles. The van der Waals surface area contributed by atoms with Crippen molar-refractivity contribution < 1.29 is 0 Å². The molecule has 1 saturated heterocycles. The minimum Gasteiger partial charge on any atom is -0.399 e. The van der Waals surface area contributed by atoms with Gasteiger partial charge in [0.05, 0.1) is 0 Å². The van der Waals surface area contributed by atoms with Crippen molar-refractivity contribution in [3.05, 3.63) is 24.3 Å². The second-order valence-electron chi connectivity index (χ2n) is 4.06. The van der Waals surface area contributed by atoms with Crippen molar-refractivity contribution in [1.82, 2.24) is 0 Å². The summed E-state index contributed by atoms with van der Waals surface area (Å²) in [5.41, 5.74) is 7.65. The first kappa shape index (κ1) is 10.7. The Morgan fingerprint density at radius 3 is 2.53 bits per heavy atom. The van der Waals surface area contributed by atoms with Crippen LogP contribution in [0.4, 0.5) is 11.4 Å². The number of thioether (sulfide) groups is 1. The maximum atomic E-state index is 5.64. The minimum atomic E-state index is 0.828. The maximum absolute atomic E-state index is 5.64. The van der Waals surface area contributed by atoms with E-state index in [1.807, 2.05) is 24.3 Å². The molecule has 3 N–H and O–H groups in total. The van der Waals surface area contributed by atoms with E-state index < -0.39 is 0 Å². The zero-order valence-electron chi connectivity index (χ0n) is 8.91. The first-order chi connectivity index (χ1) is 7.34. The number of anilines is 2. The fourth-order valence-electron chi connectivity index (χ4n) is 1.81. The largest absolute Gasteiger partial charge is 0.399 e. The van der Waals surface area contributed by atoms with Crippen LogP contribution in [0.2, 0.25) is 0 Å². The van der Waals surface area contributed by atoms with Crippen LogP contribution in [-0.4, -0.2) is 18.1 Å². The smallest absolute Gasteiger partial charge is 0.0341 e. The molecule has 0 bridgehead atoms. The van der Waals surface area contributed by atoms with Gasteiger partial charge in [0, 0.05) is 17.9 Å². The Hall–Kier alpha value is -0.830. The van der Waals surface area contributed by atoms with Crippen LogP contribution in [0.5, 0.6) is 0 Å². The maximum Gasteiger partial charge on any atom is 0.0341 e. The van der Waals surface area contributed by atoms with Crippen molar-refractivity contribution in [1.29, 1.82) is 0 Å². The summed E-state index contributed by atoms with van der Waals surface area (Å²) in [7, 11) is 0. The lowest BCUT2D eigenvalue weighted by Crippen LogP contribution is -2.19. The number of nitrogens with two attached hydrogens (primary N) is 1. The normalized spacial score (nSPS) is 17.6. The van der Waals surface area contributed by atoms with Crippen molar-refractivity contribution in [2.45, 2.75) is 12.8 Å². The lowest BCUT2D eigenvalue weighted by Gasteiger charge is -2.22. The zero-order valence-corrected chi connectivity index (χ0v) is 9.72. The molecule has 0 atom stereocenters. The van der Waals surface area contributed by atoms with Gasteiger partial charge in [0.2, 0.25) is 0 Å². The monoisotopic (exact) mass is 222 g/mol. The molecule has 1 aromatic rings. The first-order valence-corrected chi connectivity index (χ1v) is 6.67. The summed E-state index contributed by atoms with van der Waals surface area (Å²) in [6, 6.07) is 7.98. The van der Waals surface area contributed by atoms with Crippen molar-refractivity contribution in [3.8, 4) is 0 Å². The molecule has 0 aromatic heterocycles. The molecule has 0 radical (unpaired) electrons. The van der Waals surface area contributed by atoms with Crippen LogP contribution in [0.1, 0.15) is 12.8 Å². The van der Waals surface area contributed by atoms with E-state index >= 15 is 0 Å². The van der Waals surface area contributed by atoms with Crippen LogP contribution in [0, 0.1) is 5.92 Å². The third-order valence-corrected chi connectivity index (χ3v) is 3.90. The minimum absolute atomic E-state index is 0.828. The Kier molecular flexibility index (Phi) is 3.78. The molecule has 1 aliphatic heterocycles. The van der Waals surface area contributed by atoms with E-state index in [2.05, 4.69) is 17.1 Å². The average Bonchev–Trinajstić information content (AvgIpc) is 2.30. The van der Waals surface area contributed by atoms with Crippen LogP contribution >= 0.6 is 11.8 Å². The summed E-state index contributed by atoms with van der Waals surface area (Å²) < 4.78 is 0. The summed E-state index contributed by atoms with van der Waals surface area (Å²) in [5.74, 6) is 3.51. The Labute approximate surface area is 95.6 Å². The van der Waals surface area contributed by atoms with Crippen LogP contribution in [0.15, 0.2) is 24.3 Å². The molecule has 15 heavy (non-hydrogen) atoms. The Morgan fingerprint density at radius 1 is 1.20 bits per heavy atom. The second kappa shape index (κ2) is 5.31. The average molecular weight is 222 g/mol. The van der Waals surface area contributed by atoms with Gasteiger partial charge in [-0.25, -0.2) is 0 Å². The molecule has 2 rings (SSSR count). The zero-order chi connectivity index (χ0) is 10.5. The summed E-state index contributed by atoms with van der Waals surface area (Å²) in [6.45, 7) is 1.10. The number of rotatable bonds is 3. The Bertz CT molecular complexity index is 291. The quantitative estimate of drug-likeness (QED) is 0.772. The molecule has 82 valence electrons. The van der Waals surface area contributed by atoms with Crippen LogP contribution in [0.25, 0.3) is 0 Å². The molecule has 0 aliphatic carbocycles. The molecule has 0 amide bonds. The van der Waals surface area contributed by atoms with Gasteiger partial charge in [-0.3, -0.25) is 0 Å². The van der Waals surface area contributed by atoms with Crippen LogP contribution < -0.4 is 11.1 Å². The van der Waals surface area contributed by atoms with Gasteiger partial charge in [-0.2, -0.15) is 11.8 Å². The standard InChI is InChI=1S/C12H18N2S/c13-11-1-3-12(4-2-11)14-9-10-5-7-15-8-6-10/h1-4,10,14H,5-9,13H2. The molecular formula is C12H18N2S. The third kappa shape index (κ3) is 3.34. The van der Waals surface area contributed by atoms with Gasteiger partial charge in [-0.05, 0) is 54.5 Å². The van der Waals surface area contributed by atoms with Gasteiger partial charge in [0.15, 0.2) is 0 Å². The molecule has 1 aromatic carbocycles. The van der Waals surface area contributed by atoms with Crippen molar-refractivity contribution in [2.24, 2.45) is 5.92 Å². The van der Waals surface area contributed by atoms with Gasteiger partial charge in [-0.1, -0.05) is 0 Å². The lowest BCUT2D eigenvalue weighted by atomic mass is 10.0. The van der Waals surface area contributed by atoms with Crippen molar-refractivity contribution in [3.63, 3.8) is 0 Å². The highest BCUT2D eigenvalue weighted by molar-refractivity contribution is 7.99. The van der Waals surface area contributed by atoms with E-state index in [1.165, 1.54) is 30.0 Å². The fraction of sp³-hybridized carbons (Fsp3) is 0.500. The summed E-state index contributed by atoms with van der Waals surface area (Å²) in [6.07, 6.45) is 2.71. The highest BCUT2D eigenvalue weighted by Crippen LogP contribution is 2.23. The number of hydrogen-bond donors (Lipinski definition) is 2. The third-order valence-electron chi connectivity index (χ3n) is 2.85. The van der Waals surface area contributed by atoms with Gasteiger partial charge in [-0.15, -0.1) is 0 Å². The van der Waals surface area contributed by atoms with Gasteiger partial charge in [0.25, 0.3) is 0 Å². The van der Waals surface area contributed by atoms with E-state index in [1.54, 1.807) is 0 Å². The van der Waals surface area contributed by atoms with Crippen LogP contribution in [-0.2, 0) is 0 Å². The van der Waals surface area contributed by atoms with E-state index in [4.69, 9.17) is 5.73 Å². The Morgan fingerprint density at radius 2 is 1.87 bits per heavy atom. The number of hydrogen-bond acceptors (Lipinski definition) is 3. The highest BCUT2D eigenvalue weighted by atomic mass is 32.2. The van der Waals surface area contributed by atoms with Gasteiger partial charge >= 0.3 is 0 Å². The molecule has 1 aliphatic rings. The fourth-order valence-corrected chi connectivity index (χ4v) is 3.02. The van der Waals surface area contributed by atoms with Gasteiger partial charge in [0.1, 0.15) is 0 Å². The SMILES string of the molecule is Nc1ccc(NCC2CCSCC2)cc1. The predicted molar refractivity (Wildman–Crippen MR) is 69.4 cm³/mol. The molecular weight excluding hydrogens is 204 g/mol. The summed E-state index contributed by atoms with van der Waals surface area (Å²) in [5, 5.41) is 3.48. The molecule has 0 spiro atoms. The molecule has 1 heterocycles. The Balaban J connectivity index is 1.79.